The predicted octanol–water partition coefficient (Wildman–Crippen LogP) is 2.12. The third kappa shape index (κ3) is 5.61. The van der Waals surface area contributed by atoms with Gasteiger partial charge in [-0.2, -0.15) is 0 Å². The number of amides is 1. The molecule has 0 fully saturated rings. The minimum absolute atomic E-state index is 0.238. The second-order valence-corrected chi connectivity index (χ2v) is 5.39. The van der Waals surface area contributed by atoms with Crippen molar-refractivity contribution in [3.8, 4) is 5.75 Å². The lowest BCUT2D eigenvalue weighted by Crippen LogP contribution is -2.36. The van der Waals surface area contributed by atoms with Crippen molar-refractivity contribution in [2.45, 2.75) is 39.2 Å². The lowest BCUT2D eigenvalue weighted by atomic mass is 9.95. The third-order valence-electron chi connectivity index (χ3n) is 3.44. The predicted molar refractivity (Wildman–Crippen MR) is 81.8 cm³/mol. The molecule has 0 radical (unpaired) electrons. The van der Waals surface area contributed by atoms with Gasteiger partial charge in [-0.05, 0) is 36.9 Å². The van der Waals surface area contributed by atoms with Crippen molar-refractivity contribution >= 4 is 5.91 Å². The highest BCUT2D eigenvalue weighted by molar-refractivity contribution is 5.73. The molecule has 1 unspecified atom stereocenters. The minimum atomic E-state index is -0.238. The summed E-state index contributed by atoms with van der Waals surface area (Å²) in [5, 5.41) is 3.51. The molecule has 1 atom stereocenters. The molecule has 3 N–H and O–H groups in total. The zero-order chi connectivity index (χ0) is 15.0. The van der Waals surface area contributed by atoms with Crippen molar-refractivity contribution in [3.05, 3.63) is 29.8 Å². The second-order valence-electron chi connectivity index (χ2n) is 5.39. The van der Waals surface area contributed by atoms with E-state index in [0.29, 0.717) is 18.4 Å². The molecular weight excluding hydrogens is 252 g/mol. The van der Waals surface area contributed by atoms with E-state index in [1.807, 2.05) is 18.2 Å². The molecule has 4 heteroatoms. The number of nitrogens with one attached hydrogen (secondary N) is 1. The van der Waals surface area contributed by atoms with E-state index >= 15 is 0 Å². The summed E-state index contributed by atoms with van der Waals surface area (Å²) in [4.78, 5) is 10.7. The number of hydrogen-bond acceptors (Lipinski definition) is 3. The van der Waals surface area contributed by atoms with Crippen molar-refractivity contribution in [3.63, 3.8) is 0 Å². The maximum Gasteiger partial charge on any atom is 0.217 e. The highest BCUT2D eigenvalue weighted by Gasteiger charge is 2.15. The molecule has 0 heterocycles. The summed E-state index contributed by atoms with van der Waals surface area (Å²) in [6.45, 7) is 5.20. The Balaban J connectivity index is 2.56. The van der Waals surface area contributed by atoms with Crippen LogP contribution in [0.4, 0.5) is 0 Å². The van der Waals surface area contributed by atoms with Crippen LogP contribution in [-0.2, 0) is 11.2 Å². The summed E-state index contributed by atoms with van der Waals surface area (Å²) in [5.41, 5.74) is 6.35. The van der Waals surface area contributed by atoms with Crippen molar-refractivity contribution < 1.29 is 9.53 Å². The van der Waals surface area contributed by atoms with Gasteiger partial charge in [0.2, 0.25) is 5.91 Å². The van der Waals surface area contributed by atoms with E-state index in [4.69, 9.17) is 10.5 Å². The highest BCUT2D eigenvalue weighted by Crippen LogP contribution is 2.21. The SMILES string of the molecule is COc1ccccc1CC(NCCCC(N)=O)C(C)C. The van der Waals surface area contributed by atoms with Gasteiger partial charge in [-0.3, -0.25) is 4.79 Å². The highest BCUT2D eigenvalue weighted by atomic mass is 16.5. The number of primary amides is 1. The van der Waals surface area contributed by atoms with E-state index in [0.717, 1.165) is 25.1 Å². The first-order chi connectivity index (χ1) is 9.54. The van der Waals surface area contributed by atoms with Gasteiger partial charge in [0.1, 0.15) is 5.75 Å². The van der Waals surface area contributed by atoms with Crippen LogP contribution in [0, 0.1) is 5.92 Å². The summed E-state index contributed by atoms with van der Waals surface area (Å²) in [6.07, 6.45) is 2.13. The molecule has 20 heavy (non-hydrogen) atoms. The van der Waals surface area contributed by atoms with Crippen molar-refractivity contribution in [2.24, 2.45) is 11.7 Å². The van der Waals surface area contributed by atoms with Crippen molar-refractivity contribution in [2.75, 3.05) is 13.7 Å². The van der Waals surface area contributed by atoms with Gasteiger partial charge in [0.25, 0.3) is 0 Å². The summed E-state index contributed by atoms with van der Waals surface area (Å²) < 4.78 is 5.39. The Morgan fingerprint density at radius 2 is 2.05 bits per heavy atom. The van der Waals surface area contributed by atoms with Crippen molar-refractivity contribution in [1.82, 2.24) is 5.32 Å². The molecule has 0 bridgehead atoms. The Morgan fingerprint density at radius 3 is 2.65 bits per heavy atom. The van der Waals surface area contributed by atoms with Gasteiger partial charge in [0.15, 0.2) is 0 Å². The number of ether oxygens (including phenoxy) is 1. The van der Waals surface area contributed by atoms with Gasteiger partial charge in [0, 0.05) is 12.5 Å². The lowest BCUT2D eigenvalue weighted by molar-refractivity contribution is -0.118. The lowest BCUT2D eigenvalue weighted by Gasteiger charge is -2.23. The fraction of sp³-hybridized carbons (Fsp3) is 0.562. The van der Waals surface area contributed by atoms with E-state index in [2.05, 4.69) is 25.2 Å². The largest absolute Gasteiger partial charge is 0.496 e. The first-order valence-electron chi connectivity index (χ1n) is 7.18. The number of nitrogens with two attached hydrogens (primary N) is 1. The number of carbonyl (C=O) groups is 1. The quantitative estimate of drug-likeness (QED) is 0.680. The van der Waals surface area contributed by atoms with Gasteiger partial charge in [0.05, 0.1) is 7.11 Å². The van der Waals surface area contributed by atoms with Gasteiger partial charge in [-0.25, -0.2) is 0 Å². The van der Waals surface area contributed by atoms with E-state index in [1.165, 1.54) is 5.56 Å². The first-order valence-corrected chi connectivity index (χ1v) is 7.18. The Morgan fingerprint density at radius 1 is 1.35 bits per heavy atom. The Hall–Kier alpha value is -1.55. The van der Waals surface area contributed by atoms with E-state index < -0.39 is 0 Å². The van der Waals surface area contributed by atoms with Crippen molar-refractivity contribution in [1.29, 1.82) is 0 Å². The average Bonchev–Trinajstić information content (AvgIpc) is 2.42. The fourth-order valence-electron chi connectivity index (χ4n) is 2.20. The van der Waals surface area contributed by atoms with Crippen LogP contribution in [0.25, 0.3) is 0 Å². The topological polar surface area (TPSA) is 64.3 Å². The Labute approximate surface area is 121 Å². The van der Waals surface area contributed by atoms with Gasteiger partial charge in [-0.15, -0.1) is 0 Å². The zero-order valence-electron chi connectivity index (χ0n) is 12.7. The second kappa shape index (κ2) is 8.59. The molecule has 1 rings (SSSR count). The molecular formula is C16H26N2O2. The van der Waals surface area contributed by atoms with Gasteiger partial charge in [-0.1, -0.05) is 32.0 Å². The minimum Gasteiger partial charge on any atom is -0.496 e. The third-order valence-corrected chi connectivity index (χ3v) is 3.44. The molecule has 112 valence electrons. The monoisotopic (exact) mass is 278 g/mol. The van der Waals surface area contributed by atoms with Crippen LogP contribution in [0.2, 0.25) is 0 Å². The average molecular weight is 278 g/mol. The van der Waals surface area contributed by atoms with Crippen LogP contribution < -0.4 is 15.8 Å². The maximum atomic E-state index is 10.7. The molecule has 0 aliphatic carbocycles. The molecule has 1 amide bonds. The van der Waals surface area contributed by atoms with Crippen LogP contribution >= 0.6 is 0 Å². The number of para-hydroxylation sites is 1. The summed E-state index contributed by atoms with van der Waals surface area (Å²) in [7, 11) is 1.70. The zero-order valence-corrected chi connectivity index (χ0v) is 12.7. The van der Waals surface area contributed by atoms with Crippen LogP contribution in [0.15, 0.2) is 24.3 Å². The van der Waals surface area contributed by atoms with Gasteiger partial charge < -0.3 is 15.8 Å². The molecule has 1 aromatic rings. The standard InChI is InChI=1S/C16H26N2O2/c1-12(2)14(18-10-6-9-16(17)19)11-13-7-4-5-8-15(13)20-3/h4-5,7-8,12,14,18H,6,9-11H2,1-3H3,(H2,17,19). The summed E-state index contributed by atoms with van der Waals surface area (Å²) >= 11 is 0. The molecule has 0 aromatic heterocycles. The Kier molecular flexibility index (Phi) is 7.09. The molecule has 1 aromatic carbocycles. The van der Waals surface area contributed by atoms with Crippen LogP contribution in [0.5, 0.6) is 5.75 Å². The van der Waals surface area contributed by atoms with E-state index in [-0.39, 0.29) is 5.91 Å². The fourth-order valence-corrected chi connectivity index (χ4v) is 2.20. The molecule has 4 nitrogen and oxygen atoms in total. The van der Waals surface area contributed by atoms with Crippen LogP contribution in [0.1, 0.15) is 32.3 Å². The smallest absolute Gasteiger partial charge is 0.217 e. The summed E-state index contributed by atoms with van der Waals surface area (Å²) in [6, 6.07) is 8.45. The van der Waals surface area contributed by atoms with Crippen LogP contribution in [0.3, 0.4) is 0 Å². The summed E-state index contributed by atoms with van der Waals surface area (Å²) in [5.74, 6) is 1.20. The number of carbonyl (C=O) groups excluding carboxylic acids is 1. The van der Waals surface area contributed by atoms with Gasteiger partial charge >= 0.3 is 0 Å². The number of hydrogen-bond donors (Lipinski definition) is 2. The normalized spacial score (nSPS) is 12.4. The maximum absolute atomic E-state index is 10.7. The van der Waals surface area contributed by atoms with E-state index in [1.54, 1.807) is 7.11 Å². The first kappa shape index (κ1) is 16.5. The molecule has 0 saturated heterocycles. The molecule has 0 aliphatic rings. The van der Waals surface area contributed by atoms with E-state index in [9.17, 15) is 4.79 Å². The molecule has 0 saturated carbocycles. The number of benzene rings is 1. The number of methoxy groups -OCH3 is 1. The van der Waals surface area contributed by atoms with Crippen LogP contribution in [-0.4, -0.2) is 25.6 Å². The molecule has 0 aliphatic heterocycles. The number of rotatable bonds is 9. The molecule has 0 spiro atoms. The Bertz CT molecular complexity index is 419.